The van der Waals surface area contributed by atoms with E-state index in [1.807, 2.05) is 25.1 Å². The molecule has 142 valence electrons. The molecule has 0 aliphatic heterocycles. The van der Waals surface area contributed by atoms with E-state index in [-0.39, 0.29) is 5.97 Å². The summed E-state index contributed by atoms with van der Waals surface area (Å²) in [6.07, 6.45) is 5.30. The lowest BCUT2D eigenvalue weighted by Crippen LogP contribution is -2.08. The van der Waals surface area contributed by atoms with Gasteiger partial charge in [-0.05, 0) is 44.4 Å². The fraction of sp³-hybridized carbons (Fsp3) is 0.368. The first-order valence-electron chi connectivity index (χ1n) is 9.00. The highest BCUT2D eigenvalue weighted by atomic mass is 32.1. The third-order valence-electron chi connectivity index (χ3n) is 4.05. The summed E-state index contributed by atoms with van der Waals surface area (Å²) in [4.78, 5) is 26.4. The second-order valence-corrected chi connectivity index (χ2v) is 6.95. The van der Waals surface area contributed by atoms with Gasteiger partial charge in [-0.3, -0.25) is 0 Å². The van der Waals surface area contributed by atoms with Crippen molar-refractivity contribution in [1.82, 2.24) is 15.0 Å². The van der Waals surface area contributed by atoms with Crippen LogP contribution in [0.4, 0.5) is 11.6 Å². The normalized spacial score (nSPS) is 10.7. The number of carbonyl (C=O) groups excluding carboxylic acids is 1. The van der Waals surface area contributed by atoms with E-state index in [1.165, 1.54) is 17.7 Å². The van der Waals surface area contributed by atoms with Crippen molar-refractivity contribution < 1.29 is 9.53 Å². The summed E-state index contributed by atoms with van der Waals surface area (Å²) in [6.45, 7) is 5.73. The number of anilines is 2. The Labute approximate surface area is 162 Å². The van der Waals surface area contributed by atoms with E-state index in [1.54, 1.807) is 13.1 Å². The highest BCUT2D eigenvalue weighted by Crippen LogP contribution is 2.33. The summed E-state index contributed by atoms with van der Waals surface area (Å²) in [5.74, 6) is 1.36. The van der Waals surface area contributed by atoms with Crippen molar-refractivity contribution in [1.29, 1.82) is 0 Å². The zero-order valence-corrected chi connectivity index (χ0v) is 16.3. The van der Waals surface area contributed by atoms with Crippen LogP contribution in [0, 0.1) is 6.92 Å². The van der Waals surface area contributed by atoms with E-state index < -0.39 is 0 Å². The molecule has 0 aromatic carbocycles. The number of aryl methyl sites for hydroxylation is 1. The minimum atomic E-state index is -0.301. The Hall–Kier alpha value is -2.74. The number of nitrogens with one attached hydrogen (secondary N) is 2. The van der Waals surface area contributed by atoms with Gasteiger partial charge >= 0.3 is 5.97 Å². The minimum absolute atomic E-state index is 0.301. The summed E-state index contributed by atoms with van der Waals surface area (Å²) >= 11 is 1.35. The summed E-state index contributed by atoms with van der Waals surface area (Å²) in [7, 11) is 0. The molecular weight excluding hydrogens is 362 g/mol. The molecule has 0 atom stereocenters. The predicted octanol–water partition coefficient (Wildman–Crippen LogP) is 3.88. The number of nitrogens with zero attached hydrogens (tertiary/aromatic N) is 3. The van der Waals surface area contributed by atoms with Crippen molar-refractivity contribution in [3.8, 4) is 0 Å². The largest absolute Gasteiger partial charge is 0.462 e. The highest BCUT2D eigenvalue weighted by Gasteiger charge is 2.19. The zero-order valence-electron chi connectivity index (χ0n) is 15.5. The summed E-state index contributed by atoms with van der Waals surface area (Å²) < 4.78 is 5.13. The van der Waals surface area contributed by atoms with Gasteiger partial charge < -0.3 is 15.4 Å². The standard InChI is InChI=1S/C19H23N5O2S/c1-3-26-19(25)16-13(2)15-17(23-12-24-18(15)27-16)22-11-7-6-10-21-14-8-4-5-9-20-14/h4-5,8-9,12H,3,6-7,10-11H2,1-2H3,(H,20,21)(H,22,23,24). The lowest BCUT2D eigenvalue weighted by molar-refractivity contribution is 0.0531. The Morgan fingerprint density at radius 3 is 2.70 bits per heavy atom. The van der Waals surface area contributed by atoms with Crippen LogP contribution in [-0.4, -0.2) is 40.6 Å². The topological polar surface area (TPSA) is 89.0 Å². The van der Waals surface area contributed by atoms with Crippen LogP contribution in [0.1, 0.15) is 35.0 Å². The van der Waals surface area contributed by atoms with Crippen molar-refractivity contribution in [2.75, 3.05) is 30.3 Å². The number of carbonyl (C=O) groups is 1. The van der Waals surface area contributed by atoms with Gasteiger partial charge in [0.1, 0.15) is 27.7 Å². The molecule has 0 spiro atoms. The van der Waals surface area contributed by atoms with Crippen LogP contribution in [0.15, 0.2) is 30.7 Å². The van der Waals surface area contributed by atoms with Gasteiger partial charge in [-0.2, -0.15) is 0 Å². The number of thiophene rings is 1. The lowest BCUT2D eigenvalue weighted by atomic mass is 10.2. The van der Waals surface area contributed by atoms with Crippen LogP contribution in [-0.2, 0) is 4.74 Å². The first-order valence-corrected chi connectivity index (χ1v) is 9.82. The second kappa shape index (κ2) is 9.27. The molecule has 0 aliphatic carbocycles. The molecule has 0 unspecified atom stereocenters. The maximum Gasteiger partial charge on any atom is 0.348 e. The molecule has 8 heteroatoms. The van der Waals surface area contributed by atoms with Crippen LogP contribution in [0.2, 0.25) is 0 Å². The predicted molar refractivity (Wildman–Crippen MR) is 109 cm³/mol. The average Bonchev–Trinajstić information content (AvgIpc) is 3.03. The molecule has 0 saturated carbocycles. The third-order valence-corrected chi connectivity index (χ3v) is 5.23. The molecule has 0 aliphatic rings. The van der Waals surface area contributed by atoms with Crippen molar-refractivity contribution in [3.63, 3.8) is 0 Å². The lowest BCUT2D eigenvalue weighted by Gasteiger charge is -2.08. The Morgan fingerprint density at radius 2 is 1.96 bits per heavy atom. The third kappa shape index (κ3) is 4.71. The van der Waals surface area contributed by atoms with Gasteiger partial charge in [0, 0.05) is 19.3 Å². The number of hydrogen-bond acceptors (Lipinski definition) is 8. The second-order valence-electron chi connectivity index (χ2n) is 5.95. The van der Waals surface area contributed by atoms with Crippen molar-refractivity contribution in [3.05, 3.63) is 41.2 Å². The van der Waals surface area contributed by atoms with Crippen LogP contribution < -0.4 is 10.6 Å². The first kappa shape index (κ1) is 19.0. The quantitative estimate of drug-likeness (QED) is 0.427. The maximum absolute atomic E-state index is 12.1. The van der Waals surface area contributed by atoms with Crippen molar-refractivity contribution in [2.45, 2.75) is 26.7 Å². The monoisotopic (exact) mass is 385 g/mol. The molecule has 2 N–H and O–H groups in total. The SMILES string of the molecule is CCOC(=O)c1sc2ncnc(NCCCCNc3ccccn3)c2c1C. The van der Waals surface area contributed by atoms with Gasteiger partial charge in [-0.15, -0.1) is 11.3 Å². The van der Waals surface area contributed by atoms with Gasteiger partial charge in [-0.1, -0.05) is 6.07 Å². The van der Waals surface area contributed by atoms with Gasteiger partial charge in [0.25, 0.3) is 0 Å². The summed E-state index contributed by atoms with van der Waals surface area (Å²) in [6, 6.07) is 5.82. The number of hydrogen-bond donors (Lipinski definition) is 2. The van der Waals surface area contributed by atoms with Gasteiger partial charge in [0.05, 0.1) is 12.0 Å². The number of fused-ring (bicyclic) bond motifs is 1. The molecule has 0 bridgehead atoms. The van der Waals surface area contributed by atoms with Gasteiger partial charge in [0.15, 0.2) is 0 Å². The number of ether oxygens (including phenoxy) is 1. The van der Waals surface area contributed by atoms with Crippen LogP contribution in [0.25, 0.3) is 10.2 Å². The average molecular weight is 385 g/mol. The molecule has 0 saturated heterocycles. The van der Waals surface area contributed by atoms with E-state index >= 15 is 0 Å². The first-order chi connectivity index (χ1) is 13.2. The summed E-state index contributed by atoms with van der Waals surface area (Å²) in [5.41, 5.74) is 0.869. The molecule has 0 radical (unpaired) electrons. The Morgan fingerprint density at radius 1 is 1.15 bits per heavy atom. The van der Waals surface area contributed by atoms with E-state index in [2.05, 4.69) is 25.6 Å². The number of pyridine rings is 1. The van der Waals surface area contributed by atoms with Crippen molar-refractivity contribution in [2.24, 2.45) is 0 Å². The number of unbranched alkanes of at least 4 members (excludes halogenated alkanes) is 1. The Kier molecular flexibility index (Phi) is 6.54. The number of esters is 1. The fourth-order valence-corrected chi connectivity index (χ4v) is 3.78. The van der Waals surface area contributed by atoms with Crippen molar-refractivity contribution >= 4 is 39.2 Å². The molecular formula is C19H23N5O2S. The molecule has 7 nitrogen and oxygen atoms in total. The Balaban J connectivity index is 1.56. The fourth-order valence-electron chi connectivity index (χ4n) is 2.74. The molecule has 3 heterocycles. The van der Waals surface area contributed by atoms with E-state index in [9.17, 15) is 4.79 Å². The van der Waals surface area contributed by atoms with E-state index in [0.717, 1.165) is 53.3 Å². The molecule has 0 amide bonds. The zero-order chi connectivity index (χ0) is 19.1. The molecule has 3 aromatic heterocycles. The van der Waals surface area contributed by atoms with Crippen LogP contribution >= 0.6 is 11.3 Å². The molecule has 27 heavy (non-hydrogen) atoms. The van der Waals surface area contributed by atoms with Crippen LogP contribution in [0.5, 0.6) is 0 Å². The highest BCUT2D eigenvalue weighted by molar-refractivity contribution is 7.20. The smallest absolute Gasteiger partial charge is 0.348 e. The summed E-state index contributed by atoms with van der Waals surface area (Å²) in [5, 5.41) is 7.57. The van der Waals surface area contributed by atoms with Crippen LogP contribution in [0.3, 0.4) is 0 Å². The van der Waals surface area contributed by atoms with E-state index in [4.69, 9.17) is 4.74 Å². The molecule has 3 rings (SSSR count). The van der Waals surface area contributed by atoms with E-state index in [0.29, 0.717) is 11.5 Å². The molecule has 0 fully saturated rings. The number of aromatic nitrogens is 3. The number of rotatable bonds is 9. The molecule has 3 aromatic rings. The van der Waals surface area contributed by atoms with Gasteiger partial charge in [0.2, 0.25) is 0 Å². The Bertz CT molecular complexity index is 898. The van der Waals surface area contributed by atoms with Gasteiger partial charge in [-0.25, -0.2) is 19.7 Å². The maximum atomic E-state index is 12.1. The minimum Gasteiger partial charge on any atom is -0.462 e.